The van der Waals surface area contributed by atoms with Crippen LogP contribution in [0.2, 0.25) is 0 Å². The number of hydrogen-bond donors (Lipinski definition) is 4. The number of urea groups is 1. The monoisotopic (exact) mass is 426 g/mol. The van der Waals surface area contributed by atoms with Crippen molar-refractivity contribution in [2.45, 2.75) is 19.4 Å². The standard InChI is InChI=1S/C21H19FN4O5/c1-21(2,19(28)29)25-18(27)17-11-16(26-31-17)12-3-7-14(8-4-12)23-20(30)24-15-9-5-13(22)6-10-15/h3-11H,1-2H3,(H,25,27)(H,28,29)(H2,23,24,30). The highest BCUT2D eigenvalue weighted by Crippen LogP contribution is 2.22. The number of halogens is 1. The summed E-state index contributed by atoms with van der Waals surface area (Å²) in [6.45, 7) is 2.70. The van der Waals surface area contributed by atoms with Crippen molar-refractivity contribution in [3.63, 3.8) is 0 Å². The fourth-order valence-electron chi connectivity index (χ4n) is 2.47. The maximum Gasteiger partial charge on any atom is 0.328 e. The Morgan fingerprint density at radius 1 is 0.968 bits per heavy atom. The van der Waals surface area contributed by atoms with Crippen molar-refractivity contribution in [3.05, 3.63) is 66.2 Å². The van der Waals surface area contributed by atoms with Crippen LogP contribution in [0.4, 0.5) is 20.6 Å². The first-order valence-electron chi connectivity index (χ1n) is 9.11. The number of rotatable bonds is 6. The van der Waals surface area contributed by atoms with E-state index < -0.39 is 29.3 Å². The third kappa shape index (κ3) is 5.44. The first-order chi connectivity index (χ1) is 14.6. The molecule has 10 heteroatoms. The van der Waals surface area contributed by atoms with Gasteiger partial charge in [-0.25, -0.2) is 14.0 Å². The Kier molecular flexibility index (Phi) is 6.00. The lowest BCUT2D eigenvalue weighted by atomic mass is 10.1. The minimum absolute atomic E-state index is 0.134. The molecule has 1 aromatic heterocycles. The maximum absolute atomic E-state index is 12.9. The van der Waals surface area contributed by atoms with Gasteiger partial charge >= 0.3 is 12.0 Å². The molecule has 0 aliphatic heterocycles. The predicted molar refractivity (Wildman–Crippen MR) is 110 cm³/mol. The van der Waals surface area contributed by atoms with Crippen LogP contribution in [-0.4, -0.2) is 33.7 Å². The first kappa shape index (κ1) is 21.5. The van der Waals surface area contributed by atoms with E-state index in [0.29, 0.717) is 22.6 Å². The summed E-state index contributed by atoms with van der Waals surface area (Å²) in [5.74, 6) is -2.43. The minimum Gasteiger partial charge on any atom is -0.480 e. The van der Waals surface area contributed by atoms with Crippen LogP contribution >= 0.6 is 0 Å². The number of aromatic nitrogens is 1. The number of carboxylic acid groups (broad SMARTS) is 1. The molecule has 0 atom stereocenters. The molecule has 0 saturated carbocycles. The van der Waals surface area contributed by atoms with Crippen molar-refractivity contribution in [3.8, 4) is 11.3 Å². The van der Waals surface area contributed by atoms with E-state index in [4.69, 9.17) is 9.63 Å². The smallest absolute Gasteiger partial charge is 0.328 e. The maximum atomic E-state index is 12.9. The Balaban J connectivity index is 1.62. The molecule has 0 spiro atoms. The SMILES string of the molecule is CC(C)(NC(=O)c1cc(-c2ccc(NC(=O)Nc3ccc(F)cc3)cc2)no1)C(=O)O. The molecule has 160 valence electrons. The van der Waals surface area contributed by atoms with Crippen LogP contribution in [-0.2, 0) is 4.79 Å². The molecule has 0 aliphatic carbocycles. The van der Waals surface area contributed by atoms with Crippen molar-refractivity contribution < 1.29 is 28.4 Å². The number of nitrogens with one attached hydrogen (secondary N) is 3. The number of carboxylic acids is 1. The zero-order valence-electron chi connectivity index (χ0n) is 16.6. The van der Waals surface area contributed by atoms with Crippen LogP contribution in [0.15, 0.2) is 59.1 Å². The van der Waals surface area contributed by atoms with E-state index in [1.54, 1.807) is 24.3 Å². The molecular weight excluding hydrogens is 407 g/mol. The highest BCUT2D eigenvalue weighted by molar-refractivity contribution is 6.00. The number of hydrogen-bond acceptors (Lipinski definition) is 5. The lowest BCUT2D eigenvalue weighted by molar-refractivity contribution is -0.143. The number of benzene rings is 2. The average molecular weight is 426 g/mol. The van der Waals surface area contributed by atoms with E-state index in [0.717, 1.165) is 0 Å². The second kappa shape index (κ2) is 8.66. The van der Waals surface area contributed by atoms with Gasteiger partial charge in [0, 0.05) is 23.0 Å². The van der Waals surface area contributed by atoms with E-state index in [9.17, 15) is 18.8 Å². The van der Waals surface area contributed by atoms with Crippen LogP contribution in [0.25, 0.3) is 11.3 Å². The number of anilines is 2. The van der Waals surface area contributed by atoms with E-state index in [2.05, 4.69) is 21.1 Å². The quantitative estimate of drug-likeness (QED) is 0.475. The summed E-state index contributed by atoms with van der Waals surface area (Å²) in [7, 11) is 0. The van der Waals surface area contributed by atoms with Gasteiger partial charge < -0.3 is 25.6 Å². The van der Waals surface area contributed by atoms with Gasteiger partial charge in [-0.1, -0.05) is 17.3 Å². The van der Waals surface area contributed by atoms with Gasteiger partial charge in [-0.15, -0.1) is 0 Å². The molecule has 0 aliphatic rings. The molecule has 3 aromatic rings. The Hall–Kier alpha value is -4.21. The lowest BCUT2D eigenvalue weighted by Gasteiger charge is -2.19. The number of carbonyl (C=O) groups is 3. The Labute approximate surface area is 176 Å². The van der Waals surface area contributed by atoms with E-state index in [1.807, 2.05) is 0 Å². The molecule has 0 fully saturated rings. The third-order valence-electron chi connectivity index (χ3n) is 4.24. The van der Waals surface area contributed by atoms with Crippen molar-refractivity contribution >= 4 is 29.3 Å². The molecule has 0 bridgehead atoms. The second-order valence-corrected chi connectivity index (χ2v) is 7.12. The van der Waals surface area contributed by atoms with Gasteiger partial charge in [0.25, 0.3) is 5.91 Å². The zero-order chi connectivity index (χ0) is 22.6. The van der Waals surface area contributed by atoms with E-state index >= 15 is 0 Å². The van der Waals surface area contributed by atoms with Crippen LogP contribution < -0.4 is 16.0 Å². The van der Waals surface area contributed by atoms with Gasteiger partial charge in [-0.3, -0.25) is 4.79 Å². The molecule has 0 unspecified atom stereocenters. The van der Waals surface area contributed by atoms with E-state index in [1.165, 1.54) is 44.2 Å². The number of nitrogens with zero attached hydrogens (tertiary/aromatic N) is 1. The highest BCUT2D eigenvalue weighted by Gasteiger charge is 2.30. The van der Waals surface area contributed by atoms with Crippen LogP contribution in [0.1, 0.15) is 24.4 Å². The van der Waals surface area contributed by atoms with Crippen molar-refractivity contribution in [2.24, 2.45) is 0 Å². The average Bonchev–Trinajstić information content (AvgIpc) is 3.20. The zero-order valence-corrected chi connectivity index (χ0v) is 16.6. The fourth-order valence-corrected chi connectivity index (χ4v) is 2.47. The molecule has 4 N–H and O–H groups in total. The van der Waals surface area contributed by atoms with Crippen LogP contribution in [0.3, 0.4) is 0 Å². The summed E-state index contributed by atoms with van der Waals surface area (Å²) in [5, 5.41) is 20.5. The molecule has 0 saturated heterocycles. The summed E-state index contributed by atoms with van der Waals surface area (Å²) >= 11 is 0. The summed E-state index contributed by atoms with van der Waals surface area (Å²) in [5.41, 5.74) is 0.444. The molecule has 3 rings (SSSR count). The van der Waals surface area contributed by atoms with Gasteiger partial charge in [0.05, 0.1) is 0 Å². The van der Waals surface area contributed by atoms with Gasteiger partial charge in [0.2, 0.25) is 5.76 Å². The second-order valence-electron chi connectivity index (χ2n) is 7.12. The molecule has 0 radical (unpaired) electrons. The Morgan fingerprint density at radius 3 is 2.06 bits per heavy atom. The summed E-state index contributed by atoms with van der Waals surface area (Å²) in [6.07, 6.45) is 0. The van der Waals surface area contributed by atoms with E-state index in [-0.39, 0.29) is 5.76 Å². The molecule has 2 aromatic carbocycles. The molecule has 3 amide bonds. The Morgan fingerprint density at radius 2 is 1.52 bits per heavy atom. The van der Waals surface area contributed by atoms with Crippen molar-refractivity contribution in [1.29, 1.82) is 0 Å². The summed E-state index contributed by atoms with van der Waals surface area (Å²) < 4.78 is 17.9. The Bertz CT molecular complexity index is 1110. The number of carbonyl (C=O) groups excluding carboxylic acids is 2. The lowest BCUT2D eigenvalue weighted by Crippen LogP contribution is -2.49. The molecule has 9 nitrogen and oxygen atoms in total. The normalized spacial score (nSPS) is 10.9. The molecule has 1 heterocycles. The highest BCUT2D eigenvalue weighted by atomic mass is 19.1. The number of aliphatic carboxylic acids is 1. The van der Waals surface area contributed by atoms with Crippen molar-refractivity contribution in [2.75, 3.05) is 10.6 Å². The summed E-state index contributed by atoms with van der Waals surface area (Å²) in [4.78, 5) is 35.3. The van der Waals surface area contributed by atoms with Crippen molar-refractivity contribution in [1.82, 2.24) is 10.5 Å². The van der Waals surface area contributed by atoms with Gasteiger partial charge in [0.1, 0.15) is 17.1 Å². The van der Waals surface area contributed by atoms with Gasteiger partial charge in [-0.2, -0.15) is 0 Å². The first-order valence-corrected chi connectivity index (χ1v) is 9.11. The van der Waals surface area contributed by atoms with Gasteiger partial charge in [-0.05, 0) is 50.2 Å². The third-order valence-corrected chi connectivity index (χ3v) is 4.24. The fraction of sp³-hybridized carbons (Fsp3) is 0.143. The largest absolute Gasteiger partial charge is 0.480 e. The minimum atomic E-state index is -1.47. The van der Waals surface area contributed by atoms with Gasteiger partial charge in [0.15, 0.2) is 0 Å². The summed E-state index contributed by atoms with van der Waals surface area (Å²) in [6, 6.07) is 12.8. The van der Waals surface area contributed by atoms with Crippen LogP contribution in [0.5, 0.6) is 0 Å². The van der Waals surface area contributed by atoms with Crippen LogP contribution in [0, 0.1) is 5.82 Å². The topological polar surface area (TPSA) is 134 Å². The number of amides is 3. The molecular formula is C21H19FN4O5. The predicted octanol–water partition coefficient (Wildman–Crippen LogP) is 3.72. The molecule has 31 heavy (non-hydrogen) atoms.